The van der Waals surface area contributed by atoms with Gasteiger partial charge in [-0.2, -0.15) is 5.01 Å². The van der Waals surface area contributed by atoms with Crippen LogP contribution in [0, 0.1) is 10.1 Å². The van der Waals surface area contributed by atoms with Gasteiger partial charge in [-0.3, -0.25) is 25.1 Å². The van der Waals surface area contributed by atoms with Gasteiger partial charge in [-0.25, -0.2) is 4.79 Å². The van der Waals surface area contributed by atoms with Gasteiger partial charge >= 0.3 is 6.03 Å². The summed E-state index contributed by atoms with van der Waals surface area (Å²) in [5.41, 5.74) is 0.897. The van der Waals surface area contributed by atoms with Crippen LogP contribution >= 0.6 is 0 Å². The van der Waals surface area contributed by atoms with Gasteiger partial charge in [0, 0.05) is 17.7 Å². The number of non-ortho nitro benzene ring substituents is 1. The molecule has 0 aromatic heterocycles. The predicted octanol–water partition coefficient (Wildman–Crippen LogP) is 1.72. The van der Waals surface area contributed by atoms with Gasteiger partial charge in [-0.1, -0.05) is 18.2 Å². The first kappa shape index (κ1) is 18.8. The summed E-state index contributed by atoms with van der Waals surface area (Å²) in [5, 5.41) is 14.0. The average Bonchev–Trinajstić information content (AvgIpc) is 2.92. The quantitative estimate of drug-likeness (QED) is 0.458. The molecule has 1 aliphatic rings. The van der Waals surface area contributed by atoms with Crippen molar-refractivity contribution in [1.82, 2.24) is 15.8 Å². The molecule has 1 saturated heterocycles. The summed E-state index contributed by atoms with van der Waals surface area (Å²) in [6.45, 7) is 1.50. The molecule has 2 N–H and O–H groups in total. The van der Waals surface area contributed by atoms with Gasteiger partial charge in [-0.05, 0) is 30.7 Å². The minimum atomic E-state index is -1.42. The number of nitro benzene ring substituents is 1. The molecule has 1 atom stereocenters. The first-order valence-corrected chi connectivity index (χ1v) is 8.13. The molecule has 1 heterocycles. The summed E-state index contributed by atoms with van der Waals surface area (Å²) in [7, 11) is 1.47. The van der Waals surface area contributed by atoms with E-state index in [1.54, 1.807) is 24.3 Å². The molecule has 0 unspecified atom stereocenters. The second kappa shape index (κ2) is 6.99. The van der Waals surface area contributed by atoms with Crippen molar-refractivity contribution in [2.24, 2.45) is 0 Å². The van der Waals surface area contributed by atoms with E-state index in [1.807, 2.05) is 0 Å². The van der Waals surface area contributed by atoms with Crippen LogP contribution in [0.1, 0.15) is 22.8 Å². The lowest BCUT2D eigenvalue weighted by Crippen LogP contribution is -2.47. The zero-order valence-electron chi connectivity index (χ0n) is 15.0. The Labute approximate surface area is 159 Å². The number of nitrogens with one attached hydrogen (secondary N) is 2. The van der Waals surface area contributed by atoms with Crippen LogP contribution in [-0.4, -0.2) is 34.9 Å². The van der Waals surface area contributed by atoms with E-state index in [4.69, 9.17) is 4.74 Å². The third kappa shape index (κ3) is 3.22. The maximum atomic E-state index is 12.9. The highest BCUT2D eigenvalue weighted by atomic mass is 16.6. The predicted molar refractivity (Wildman–Crippen MR) is 96.3 cm³/mol. The lowest BCUT2D eigenvalue weighted by atomic mass is 9.92. The molecule has 0 radical (unpaired) electrons. The van der Waals surface area contributed by atoms with Crippen LogP contribution in [0.4, 0.5) is 10.5 Å². The normalized spacial score (nSPS) is 18.6. The molecule has 1 fully saturated rings. The first-order chi connectivity index (χ1) is 13.3. The first-order valence-electron chi connectivity index (χ1n) is 8.13. The maximum absolute atomic E-state index is 12.9. The van der Waals surface area contributed by atoms with Crippen molar-refractivity contribution in [2.75, 3.05) is 7.11 Å². The number of ether oxygens (including phenoxy) is 1. The molecule has 28 heavy (non-hydrogen) atoms. The van der Waals surface area contributed by atoms with E-state index in [1.165, 1.54) is 32.2 Å². The molecule has 4 amide bonds. The fourth-order valence-electron chi connectivity index (χ4n) is 2.80. The fourth-order valence-corrected chi connectivity index (χ4v) is 2.80. The van der Waals surface area contributed by atoms with Crippen molar-refractivity contribution in [1.29, 1.82) is 0 Å². The molecule has 10 nitrogen and oxygen atoms in total. The smallest absolute Gasteiger partial charge is 0.344 e. The molecule has 0 saturated carbocycles. The molecule has 3 rings (SSSR count). The standard InChI is InChI=1S/C18H16N4O6/c1-18(12-6-4-8-14(10-12)28-2)16(24)21(17(25)19-18)20-15(23)11-5-3-7-13(9-11)22(26)27/h3-10H,1-2H3,(H,19,25)(H,20,23)/t18-/m1/s1. The van der Waals surface area contributed by atoms with Crippen molar-refractivity contribution in [3.8, 4) is 5.75 Å². The lowest BCUT2D eigenvalue weighted by molar-refractivity contribution is -0.384. The molecular weight excluding hydrogens is 368 g/mol. The molecule has 0 aliphatic carbocycles. The number of amides is 4. The zero-order chi connectivity index (χ0) is 20.5. The minimum absolute atomic E-state index is 0.0650. The Balaban J connectivity index is 1.85. The van der Waals surface area contributed by atoms with E-state index in [-0.39, 0.29) is 11.3 Å². The summed E-state index contributed by atoms with van der Waals surface area (Å²) in [6, 6.07) is 10.7. The van der Waals surface area contributed by atoms with Crippen LogP contribution in [0.25, 0.3) is 0 Å². The van der Waals surface area contributed by atoms with Gasteiger partial charge in [0.05, 0.1) is 12.0 Å². The van der Waals surface area contributed by atoms with Crippen LogP contribution in [0.15, 0.2) is 48.5 Å². The van der Waals surface area contributed by atoms with Crippen molar-refractivity contribution in [2.45, 2.75) is 12.5 Å². The number of benzene rings is 2. The Morgan fingerprint density at radius 3 is 2.61 bits per heavy atom. The number of nitrogens with zero attached hydrogens (tertiary/aromatic N) is 2. The van der Waals surface area contributed by atoms with Crippen molar-refractivity contribution < 1.29 is 24.0 Å². The lowest BCUT2D eigenvalue weighted by Gasteiger charge is -2.22. The monoisotopic (exact) mass is 384 g/mol. The number of urea groups is 1. The number of carbonyl (C=O) groups is 3. The largest absolute Gasteiger partial charge is 0.497 e. The van der Waals surface area contributed by atoms with E-state index in [9.17, 15) is 24.5 Å². The molecule has 0 bridgehead atoms. The van der Waals surface area contributed by atoms with Gasteiger partial charge in [0.1, 0.15) is 11.3 Å². The van der Waals surface area contributed by atoms with E-state index >= 15 is 0 Å². The van der Waals surface area contributed by atoms with Crippen LogP contribution in [0.2, 0.25) is 0 Å². The Hall–Kier alpha value is -3.95. The van der Waals surface area contributed by atoms with Crippen LogP contribution < -0.4 is 15.5 Å². The van der Waals surface area contributed by atoms with E-state index in [2.05, 4.69) is 10.7 Å². The Morgan fingerprint density at radius 2 is 1.93 bits per heavy atom. The number of hydrogen-bond acceptors (Lipinski definition) is 6. The van der Waals surface area contributed by atoms with E-state index < -0.39 is 28.3 Å². The molecular formula is C18H16N4O6. The van der Waals surface area contributed by atoms with E-state index in [0.29, 0.717) is 16.3 Å². The van der Waals surface area contributed by atoms with Crippen LogP contribution in [-0.2, 0) is 10.3 Å². The highest BCUT2D eigenvalue weighted by Crippen LogP contribution is 2.30. The second-order valence-electron chi connectivity index (χ2n) is 6.18. The van der Waals surface area contributed by atoms with Gasteiger partial charge in [0.15, 0.2) is 0 Å². The van der Waals surface area contributed by atoms with Crippen molar-refractivity contribution in [3.05, 3.63) is 69.8 Å². The molecule has 144 valence electrons. The summed E-state index contributed by atoms with van der Waals surface area (Å²) in [4.78, 5) is 47.8. The number of rotatable bonds is 5. The van der Waals surface area contributed by atoms with Crippen molar-refractivity contribution >= 4 is 23.5 Å². The summed E-state index contributed by atoms with van der Waals surface area (Å²) >= 11 is 0. The highest BCUT2D eigenvalue weighted by molar-refractivity contribution is 6.09. The second-order valence-corrected chi connectivity index (χ2v) is 6.18. The average molecular weight is 384 g/mol. The molecule has 2 aromatic rings. The highest BCUT2D eigenvalue weighted by Gasteiger charge is 2.50. The minimum Gasteiger partial charge on any atom is -0.497 e. The number of methoxy groups -OCH3 is 1. The summed E-state index contributed by atoms with van der Waals surface area (Å²) in [5.74, 6) is -1.04. The third-order valence-electron chi connectivity index (χ3n) is 4.37. The third-order valence-corrected chi connectivity index (χ3v) is 4.37. The molecule has 1 aliphatic heterocycles. The molecule has 10 heteroatoms. The fraction of sp³-hybridized carbons (Fsp3) is 0.167. The Bertz CT molecular complexity index is 992. The van der Waals surface area contributed by atoms with Gasteiger partial charge in [0.2, 0.25) is 0 Å². The maximum Gasteiger partial charge on any atom is 0.344 e. The number of hydrogen-bond donors (Lipinski definition) is 2. The molecule has 0 spiro atoms. The topological polar surface area (TPSA) is 131 Å². The van der Waals surface area contributed by atoms with Crippen LogP contribution in [0.3, 0.4) is 0 Å². The Morgan fingerprint density at radius 1 is 1.21 bits per heavy atom. The van der Waals surface area contributed by atoms with Gasteiger partial charge in [0.25, 0.3) is 17.5 Å². The Kier molecular flexibility index (Phi) is 4.70. The van der Waals surface area contributed by atoms with Crippen molar-refractivity contribution in [3.63, 3.8) is 0 Å². The molecule has 2 aromatic carbocycles. The number of hydrazine groups is 1. The number of imide groups is 1. The zero-order valence-corrected chi connectivity index (χ0v) is 15.0. The SMILES string of the molecule is COc1cccc([C@@]2(C)NC(=O)N(NC(=O)c3cccc([N+](=O)[O-])c3)C2=O)c1. The number of carbonyl (C=O) groups excluding carboxylic acids is 3. The van der Waals surface area contributed by atoms with Gasteiger partial charge in [-0.15, -0.1) is 0 Å². The van der Waals surface area contributed by atoms with Gasteiger partial charge < -0.3 is 10.1 Å². The summed E-state index contributed by atoms with van der Waals surface area (Å²) in [6.07, 6.45) is 0. The number of nitro groups is 1. The van der Waals surface area contributed by atoms with Crippen LogP contribution in [0.5, 0.6) is 5.75 Å². The van der Waals surface area contributed by atoms with E-state index in [0.717, 1.165) is 6.07 Å². The summed E-state index contributed by atoms with van der Waals surface area (Å²) < 4.78 is 5.14.